The van der Waals surface area contributed by atoms with Gasteiger partial charge in [-0.05, 0) is 42.8 Å². The maximum Gasteiger partial charge on any atom is 0.142 e. The van der Waals surface area contributed by atoms with Crippen molar-refractivity contribution in [2.24, 2.45) is 0 Å². The first-order chi connectivity index (χ1) is 12.3. The number of pyridine rings is 1. The van der Waals surface area contributed by atoms with E-state index in [1.165, 1.54) is 0 Å². The van der Waals surface area contributed by atoms with Crippen molar-refractivity contribution < 1.29 is 0 Å². The number of hydrogen-bond donors (Lipinski definition) is 1. The summed E-state index contributed by atoms with van der Waals surface area (Å²) >= 11 is 25.1. The molecule has 7 heteroatoms. The van der Waals surface area contributed by atoms with Crippen LogP contribution < -0.4 is 5.73 Å². The molecule has 2 aromatic carbocycles. The summed E-state index contributed by atoms with van der Waals surface area (Å²) in [5.41, 5.74) is 9.23. The fraction of sp³-hybridized carbons (Fsp3) is 0.0526. The Morgan fingerprint density at radius 1 is 0.962 bits per heavy atom. The molecule has 0 fully saturated rings. The highest BCUT2D eigenvalue weighted by atomic mass is 35.5. The molecule has 0 radical (unpaired) electrons. The molecule has 1 aromatic heterocycles. The summed E-state index contributed by atoms with van der Waals surface area (Å²) < 4.78 is 0. The summed E-state index contributed by atoms with van der Waals surface area (Å²) in [4.78, 5) is 4.39. The molecule has 130 valence electrons. The van der Waals surface area contributed by atoms with E-state index in [0.29, 0.717) is 48.0 Å². The second-order valence-electron chi connectivity index (χ2n) is 5.55. The third-order valence-electron chi connectivity index (χ3n) is 3.98. The van der Waals surface area contributed by atoms with Gasteiger partial charge in [0.1, 0.15) is 17.5 Å². The lowest BCUT2D eigenvalue weighted by atomic mass is 9.92. The van der Waals surface area contributed by atoms with Crippen LogP contribution in [0.2, 0.25) is 20.1 Å². The lowest BCUT2D eigenvalue weighted by Crippen LogP contribution is -2.04. The van der Waals surface area contributed by atoms with Gasteiger partial charge in [-0.3, -0.25) is 0 Å². The predicted molar refractivity (Wildman–Crippen MR) is 109 cm³/mol. The van der Waals surface area contributed by atoms with E-state index in [1.54, 1.807) is 36.4 Å². The van der Waals surface area contributed by atoms with E-state index in [-0.39, 0.29) is 11.4 Å². The number of halogens is 4. The summed E-state index contributed by atoms with van der Waals surface area (Å²) in [7, 11) is 0. The van der Waals surface area contributed by atoms with Crippen LogP contribution in [-0.2, 0) is 0 Å². The zero-order chi connectivity index (χ0) is 19.0. The number of aromatic nitrogens is 1. The second kappa shape index (κ2) is 7.34. The lowest BCUT2D eigenvalue weighted by molar-refractivity contribution is 1.26. The van der Waals surface area contributed by atoms with Gasteiger partial charge in [-0.1, -0.05) is 52.5 Å². The van der Waals surface area contributed by atoms with Gasteiger partial charge in [-0.2, -0.15) is 5.26 Å². The van der Waals surface area contributed by atoms with Crippen LogP contribution in [-0.4, -0.2) is 4.98 Å². The molecule has 0 spiro atoms. The summed E-state index contributed by atoms with van der Waals surface area (Å²) in [6, 6.07) is 12.3. The maximum atomic E-state index is 9.62. The molecular weight excluding hydrogens is 412 g/mol. The van der Waals surface area contributed by atoms with Crippen LogP contribution in [0.1, 0.15) is 11.1 Å². The average molecular weight is 423 g/mol. The Morgan fingerprint density at radius 3 is 2.19 bits per heavy atom. The van der Waals surface area contributed by atoms with E-state index in [9.17, 15) is 5.26 Å². The number of nitrogen functional groups attached to an aromatic ring is 1. The van der Waals surface area contributed by atoms with Crippen LogP contribution in [0.3, 0.4) is 0 Å². The maximum absolute atomic E-state index is 9.62. The highest BCUT2D eigenvalue weighted by Gasteiger charge is 2.22. The van der Waals surface area contributed by atoms with E-state index in [0.717, 1.165) is 0 Å². The molecule has 0 saturated heterocycles. The van der Waals surface area contributed by atoms with Crippen LogP contribution in [0.25, 0.3) is 22.4 Å². The summed E-state index contributed by atoms with van der Waals surface area (Å²) in [6.45, 7) is 1.82. The van der Waals surface area contributed by atoms with Crippen molar-refractivity contribution >= 4 is 52.2 Å². The molecule has 0 amide bonds. The summed E-state index contributed by atoms with van der Waals surface area (Å²) in [6.07, 6.45) is 0. The van der Waals surface area contributed by atoms with E-state index >= 15 is 0 Å². The molecular formula is C19H11Cl4N3. The van der Waals surface area contributed by atoms with Gasteiger partial charge in [0.05, 0.1) is 10.7 Å². The minimum atomic E-state index is 0.0742. The van der Waals surface area contributed by atoms with Crippen molar-refractivity contribution in [1.82, 2.24) is 4.98 Å². The van der Waals surface area contributed by atoms with Crippen LogP contribution in [0.15, 0.2) is 36.4 Å². The van der Waals surface area contributed by atoms with Crippen LogP contribution >= 0.6 is 46.4 Å². The van der Waals surface area contributed by atoms with Gasteiger partial charge < -0.3 is 5.73 Å². The molecule has 0 aliphatic carbocycles. The number of nitriles is 1. The zero-order valence-corrected chi connectivity index (χ0v) is 16.5. The van der Waals surface area contributed by atoms with Crippen LogP contribution in [0, 0.1) is 18.3 Å². The van der Waals surface area contributed by atoms with E-state index < -0.39 is 0 Å². The Balaban J connectivity index is 2.42. The number of anilines is 1. The Hall–Kier alpha value is -1.96. The fourth-order valence-electron chi connectivity index (χ4n) is 2.80. The van der Waals surface area contributed by atoms with Crippen molar-refractivity contribution in [2.75, 3.05) is 5.73 Å². The highest BCUT2D eigenvalue weighted by molar-refractivity contribution is 6.39. The lowest BCUT2D eigenvalue weighted by Gasteiger charge is -2.17. The molecule has 0 aliphatic rings. The second-order valence-corrected chi connectivity index (χ2v) is 7.21. The molecule has 0 aliphatic heterocycles. The van der Waals surface area contributed by atoms with Crippen LogP contribution in [0.5, 0.6) is 0 Å². The number of nitrogens with zero attached hydrogens (tertiary/aromatic N) is 2. The molecule has 0 unspecified atom stereocenters. The molecule has 3 nitrogen and oxygen atoms in total. The van der Waals surface area contributed by atoms with E-state index in [1.807, 2.05) is 6.92 Å². The SMILES string of the molecule is Cc1c(-c2ccc(Cl)cc2Cl)nc(N)c(C#N)c1-c1c(Cl)cccc1Cl. The molecule has 0 atom stereocenters. The van der Waals surface area contributed by atoms with Gasteiger partial charge in [-0.15, -0.1) is 0 Å². The first kappa shape index (κ1) is 18.8. The quantitative estimate of drug-likeness (QED) is 0.494. The van der Waals surface area contributed by atoms with Crippen molar-refractivity contribution in [3.8, 4) is 28.5 Å². The monoisotopic (exact) mass is 421 g/mol. The Labute approximate surface area is 170 Å². The van der Waals surface area contributed by atoms with Gasteiger partial charge in [0.2, 0.25) is 0 Å². The minimum Gasteiger partial charge on any atom is -0.383 e. The molecule has 0 saturated carbocycles. The molecule has 1 heterocycles. The number of nitrogens with two attached hydrogens (primary N) is 1. The van der Waals surface area contributed by atoms with Crippen molar-refractivity contribution in [3.05, 3.63) is 67.6 Å². The smallest absolute Gasteiger partial charge is 0.142 e. The van der Waals surface area contributed by atoms with E-state index in [4.69, 9.17) is 52.1 Å². The Bertz CT molecular complexity index is 1050. The third-order valence-corrected chi connectivity index (χ3v) is 5.16. The fourth-order valence-corrected chi connectivity index (χ4v) is 3.88. The first-order valence-corrected chi connectivity index (χ1v) is 8.96. The molecule has 2 N–H and O–H groups in total. The topological polar surface area (TPSA) is 62.7 Å². The summed E-state index contributed by atoms with van der Waals surface area (Å²) in [5.74, 6) is 0.0742. The predicted octanol–water partition coefficient (Wildman–Crippen LogP) is 6.79. The molecule has 3 rings (SSSR count). The molecule has 3 aromatic rings. The van der Waals surface area contributed by atoms with E-state index in [2.05, 4.69) is 11.1 Å². The normalized spacial score (nSPS) is 10.6. The standard InChI is InChI=1S/C19H11Cl4N3/c1-9-16(17-13(21)3-2-4-14(17)22)12(8-24)19(25)26-18(9)11-6-5-10(20)7-15(11)23/h2-7H,1H3,(H2,25,26). The zero-order valence-electron chi connectivity index (χ0n) is 13.4. The van der Waals surface area contributed by atoms with Crippen molar-refractivity contribution in [3.63, 3.8) is 0 Å². The van der Waals surface area contributed by atoms with Gasteiger partial charge in [-0.25, -0.2) is 4.98 Å². The van der Waals surface area contributed by atoms with Gasteiger partial charge in [0, 0.05) is 31.8 Å². The first-order valence-electron chi connectivity index (χ1n) is 7.45. The van der Waals surface area contributed by atoms with Gasteiger partial charge in [0.15, 0.2) is 0 Å². The van der Waals surface area contributed by atoms with Crippen molar-refractivity contribution in [2.45, 2.75) is 6.92 Å². The largest absolute Gasteiger partial charge is 0.383 e. The average Bonchev–Trinajstić information content (AvgIpc) is 2.58. The number of benzene rings is 2. The molecule has 26 heavy (non-hydrogen) atoms. The number of rotatable bonds is 2. The summed E-state index contributed by atoms with van der Waals surface area (Å²) in [5, 5.41) is 11.4. The minimum absolute atomic E-state index is 0.0742. The van der Waals surface area contributed by atoms with Crippen LogP contribution in [0.4, 0.5) is 5.82 Å². The van der Waals surface area contributed by atoms with Crippen molar-refractivity contribution in [1.29, 1.82) is 5.26 Å². The Morgan fingerprint density at radius 2 is 1.62 bits per heavy atom. The number of hydrogen-bond acceptors (Lipinski definition) is 3. The van der Waals surface area contributed by atoms with Gasteiger partial charge >= 0.3 is 0 Å². The van der Waals surface area contributed by atoms with Gasteiger partial charge in [0.25, 0.3) is 0 Å². The third kappa shape index (κ3) is 3.22. The highest BCUT2D eigenvalue weighted by Crippen LogP contribution is 2.43. The molecule has 0 bridgehead atoms. The Kier molecular flexibility index (Phi) is 5.32.